The van der Waals surface area contributed by atoms with E-state index in [2.05, 4.69) is 20.4 Å². The number of H-pyrrole nitrogens is 2. The topological polar surface area (TPSA) is 130 Å². The van der Waals surface area contributed by atoms with E-state index in [0.29, 0.717) is 28.9 Å². The largest absolute Gasteiger partial charge is 0.453 e. The summed E-state index contributed by atoms with van der Waals surface area (Å²) in [5.74, 6) is -0.273. The number of rotatable bonds is 6. The standard InChI is InChI=1S/C18H20N4O5/c1-9-13(10(2)27-22-9)5-7-16(23)26-11(3)17(24)19-12-4-6-14-15(8-12)21-18(25)20-14/h4,6,8,11H,5,7H2,1-3H3,(H,19,24)(H2,20,21,25)/t11-/m1/s1. The molecule has 2 aromatic heterocycles. The summed E-state index contributed by atoms with van der Waals surface area (Å²) in [5.41, 5.74) is 2.98. The highest BCUT2D eigenvalue weighted by Gasteiger charge is 2.19. The van der Waals surface area contributed by atoms with Crippen molar-refractivity contribution >= 4 is 28.6 Å². The second-order valence-corrected chi connectivity index (χ2v) is 6.26. The molecule has 0 saturated heterocycles. The molecule has 2 heterocycles. The van der Waals surface area contributed by atoms with Gasteiger partial charge in [0.2, 0.25) is 0 Å². The number of esters is 1. The fourth-order valence-corrected chi connectivity index (χ4v) is 2.75. The summed E-state index contributed by atoms with van der Waals surface area (Å²) in [5, 5.41) is 6.50. The molecule has 3 aromatic rings. The van der Waals surface area contributed by atoms with Gasteiger partial charge in [-0.05, 0) is 45.4 Å². The first kappa shape index (κ1) is 18.4. The zero-order chi connectivity index (χ0) is 19.6. The van der Waals surface area contributed by atoms with Crippen LogP contribution >= 0.6 is 0 Å². The fourth-order valence-electron chi connectivity index (χ4n) is 2.75. The van der Waals surface area contributed by atoms with Crippen LogP contribution in [0.25, 0.3) is 11.0 Å². The summed E-state index contributed by atoms with van der Waals surface area (Å²) in [6.07, 6.45) is -0.397. The van der Waals surface area contributed by atoms with Crippen LogP contribution in [0.5, 0.6) is 0 Å². The molecule has 3 rings (SSSR count). The van der Waals surface area contributed by atoms with E-state index in [4.69, 9.17) is 9.26 Å². The Morgan fingerprint density at radius 3 is 2.70 bits per heavy atom. The molecule has 0 unspecified atom stereocenters. The number of aromatic amines is 2. The molecule has 0 saturated carbocycles. The Morgan fingerprint density at radius 2 is 2.00 bits per heavy atom. The van der Waals surface area contributed by atoms with Crippen molar-refractivity contribution < 1.29 is 18.8 Å². The Hall–Kier alpha value is -3.36. The average molecular weight is 372 g/mol. The van der Waals surface area contributed by atoms with Crippen LogP contribution in [0.2, 0.25) is 0 Å². The van der Waals surface area contributed by atoms with Crippen molar-refractivity contribution in [2.24, 2.45) is 0 Å². The van der Waals surface area contributed by atoms with Gasteiger partial charge in [0.25, 0.3) is 5.91 Å². The molecule has 9 heteroatoms. The minimum absolute atomic E-state index is 0.122. The van der Waals surface area contributed by atoms with Crippen molar-refractivity contribution in [3.63, 3.8) is 0 Å². The zero-order valence-corrected chi connectivity index (χ0v) is 15.2. The Bertz CT molecular complexity index is 1030. The highest BCUT2D eigenvalue weighted by Crippen LogP contribution is 2.16. The lowest BCUT2D eigenvalue weighted by molar-refractivity contribution is -0.153. The molecule has 27 heavy (non-hydrogen) atoms. The molecule has 1 amide bonds. The lowest BCUT2D eigenvalue weighted by atomic mass is 10.1. The van der Waals surface area contributed by atoms with Gasteiger partial charge in [-0.3, -0.25) is 9.59 Å². The molecule has 0 radical (unpaired) electrons. The minimum Gasteiger partial charge on any atom is -0.453 e. The third kappa shape index (κ3) is 4.25. The van der Waals surface area contributed by atoms with Gasteiger partial charge in [-0.15, -0.1) is 0 Å². The normalized spacial score (nSPS) is 12.1. The number of benzene rings is 1. The lowest BCUT2D eigenvalue weighted by Crippen LogP contribution is -2.30. The van der Waals surface area contributed by atoms with Gasteiger partial charge in [-0.2, -0.15) is 0 Å². The van der Waals surface area contributed by atoms with Crippen LogP contribution < -0.4 is 11.0 Å². The number of ether oxygens (including phenoxy) is 1. The van der Waals surface area contributed by atoms with Gasteiger partial charge >= 0.3 is 11.7 Å². The highest BCUT2D eigenvalue weighted by molar-refractivity contribution is 5.96. The quantitative estimate of drug-likeness (QED) is 0.567. The summed E-state index contributed by atoms with van der Waals surface area (Å²) in [6.45, 7) is 5.09. The van der Waals surface area contributed by atoms with E-state index in [9.17, 15) is 14.4 Å². The van der Waals surface area contributed by atoms with Crippen molar-refractivity contribution in [1.29, 1.82) is 0 Å². The predicted molar refractivity (Wildman–Crippen MR) is 97.4 cm³/mol. The summed E-state index contributed by atoms with van der Waals surface area (Å²) in [4.78, 5) is 40.7. The fraction of sp³-hybridized carbons (Fsp3) is 0.333. The number of hydrogen-bond acceptors (Lipinski definition) is 6. The molecule has 0 aliphatic heterocycles. The van der Waals surface area contributed by atoms with Crippen molar-refractivity contribution in [3.8, 4) is 0 Å². The van der Waals surface area contributed by atoms with Gasteiger partial charge in [0.15, 0.2) is 6.10 Å². The average Bonchev–Trinajstić information content (AvgIpc) is 3.13. The van der Waals surface area contributed by atoms with E-state index in [0.717, 1.165) is 11.3 Å². The zero-order valence-electron chi connectivity index (χ0n) is 15.2. The third-order valence-corrected chi connectivity index (χ3v) is 4.22. The number of aromatic nitrogens is 3. The van der Waals surface area contributed by atoms with Crippen molar-refractivity contribution in [2.45, 2.75) is 39.7 Å². The smallest absolute Gasteiger partial charge is 0.323 e. The highest BCUT2D eigenvalue weighted by atomic mass is 16.5. The predicted octanol–water partition coefficient (Wildman–Crippen LogP) is 1.96. The Morgan fingerprint density at radius 1 is 1.26 bits per heavy atom. The summed E-state index contributed by atoms with van der Waals surface area (Å²) >= 11 is 0. The van der Waals surface area contributed by atoms with E-state index in [1.165, 1.54) is 6.92 Å². The number of nitrogens with one attached hydrogen (secondary N) is 3. The van der Waals surface area contributed by atoms with Gasteiger partial charge in [0.05, 0.1) is 16.7 Å². The Kier molecular flexibility index (Phi) is 5.11. The molecule has 3 N–H and O–H groups in total. The summed E-state index contributed by atoms with van der Waals surface area (Å²) in [7, 11) is 0. The third-order valence-electron chi connectivity index (χ3n) is 4.22. The maximum Gasteiger partial charge on any atom is 0.323 e. The number of fused-ring (bicyclic) bond motifs is 1. The lowest BCUT2D eigenvalue weighted by Gasteiger charge is -2.13. The monoisotopic (exact) mass is 372 g/mol. The van der Waals surface area contributed by atoms with Crippen molar-refractivity contribution in [1.82, 2.24) is 15.1 Å². The number of anilines is 1. The number of nitrogens with zero attached hydrogens (tertiary/aromatic N) is 1. The second kappa shape index (κ2) is 7.48. The number of amides is 1. The van der Waals surface area contributed by atoms with Crippen LogP contribution in [0.15, 0.2) is 27.5 Å². The molecule has 9 nitrogen and oxygen atoms in total. The van der Waals surface area contributed by atoms with Gasteiger partial charge in [0.1, 0.15) is 5.76 Å². The number of carbonyl (C=O) groups excluding carboxylic acids is 2. The Balaban J connectivity index is 1.54. The molecule has 0 bridgehead atoms. The summed E-state index contributed by atoms with van der Waals surface area (Å²) in [6, 6.07) is 4.94. The van der Waals surface area contributed by atoms with Gasteiger partial charge in [-0.25, -0.2) is 4.79 Å². The first-order valence-electron chi connectivity index (χ1n) is 8.47. The molecule has 0 fully saturated rings. The SMILES string of the molecule is Cc1noc(C)c1CCC(=O)O[C@H](C)C(=O)Nc1ccc2[nH]c(=O)[nH]c2c1. The van der Waals surface area contributed by atoms with E-state index in [1.807, 2.05) is 6.92 Å². The first-order valence-corrected chi connectivity index (χ1v) is 8.47. The molecule has 142 valence electrons. The van der Waals surface area contributed by atoms with Crippen molar-refractivity contribution in [2.75, 3.05) is 5.32 Å². The van der Waals surface area contributed by atoms with Crippen LogP contribution in [0.3, 0.4) is 0 Å². The van der Waals surface area contributed by atoms with E-state index in [1.54, 1.807) is 25.1 Å². The van der Waals surface area contributed by atoms with Crippen LogP contribution in [0, 0.1) is 13.8 Å². The number of hydrogen-bond donors (Lipinski definition) is 3. The minimum atomic E-state index is -0.955. The first-order chi connectivity index (χ1) is 12.8. The second-order valence-electron chi connectivity index (χ2n) is 6.26. The molecule has 0 aliphatic rings. The van der Waals surface area contributed by atoms with Gasteiger partial charge in [-0.1, -0.05) is 5.16 Å². The molecule has 0 aliphatic carbocycles. The maximum absolute atomic E-state index is 12.2. The van der Waals surface area contributed by atoms with E-state index < -0.39 is 18.0 Å². The molecule has 0 spiro atoms. The van der Waals surface area contributed by atoms with E-state index >= 15 is 0 Å². The van der Waals surface area contributed by atoms with Gasteiger partial charge < -0.3 is 24.5 Å². The molecule has 1 atom stereocenters. The maximum atomic E-state index is 12.2. The summed E-state index contributed by atoms with van der Waals surface area (Å²) < 4.78 is 10.2. The van der Waals surface area contributed by atoms with E-state index in [-0.39, 0.29) is 12.1 Å². The Labute approximate surface area is 154 Å². The van der Waals surface area contributed by atoms with Gasteiger partial charge in [0, 0.05) is 17.7 Å². The van der Waals surface area contributed by atoms with Crippen LogP contribution in [-0.2, 0) is 20.7 Å². The number of aryl methyl sites for hydroxylation is 2. The number of carbonyl (C=O) groups is 2. The molecular formula is C18H20N4O5. The molecule has 1 aromatic carbocycles. The van der Waals surface area contributed by atoms with Crippen molar-refractivity contribution in [3.05, 3.63) is 45.7 Å². The van der Waals surface area contributed by atoms with Crippen LogP contribution in [0.1, 0.15) is 30.4 Å². The molecular weight excluding hydrogens is 352 g/mol. The van der Waals surface area contributed by atoms with Crippen LogP contribution in [-0.4, -0.2) is 33.1 Å². The number of imidazole rings is 1. The van der Waals surface area contributed by atoms with Crippen LogP contribution in [0.4, 0.5) is 5.69 Å².